The highest BCUT2D eigenvalue weighted by atomic mass is 16.2. The lowest BCUT2D eigenvalue weighted by Crippen LogP contribution is -2.63. The lowest BCUT2D eigenvalue weighted by Gasteiger charge is -2.40. The monoisotopic (exact) mass is 247 g/mol. The van der Waals surface area contributed by atoms with Crippen LogP contribution >= 0.6 is 0 Å². The van der Waals surface area contributed by atoms with Crippen LogP contribution in [-0.2, 0) is 16.1 Å². The molecule has 2 heterocycles. The number of pyridine rings is 1. The molecule has 0 spiro atoms. The average Bonchev–Trinajstić information content (AvgIpc) is 2.30. The molecule has 0 unspecified atom stereocenters. The van der Waals surface area contributed by atoms with Gasteiger partial charge >= 0.3 is 0 Å². The number of nitrogens with zero attached hydrogens (tertiary/aromatic N) is 2. The molecular formula is C13H17N3O2. The van der Waals surface area contributed by atoms with Gasteiger partial charge in [0.1, 0.15) is 5.54 Å². The van der Waals surface area contributed by atoms with Gasteiger partial charge < -0.3 is 10.2 Å². The van der Waals surface area contributed by atoms with Gasteiger partial charge in [-0.2, -0.15) is 0 Å². The molecule has 1 aliphatic heterocycles. The quantitative estimate of drug-likeness (QED) is 0.833. The molecule has 0 saturated carbocycles. The van der Waals surface area contributed by atoms with Crippen molar-refractivity contribution in [1.29, 1.82) is 0 Å². The van der Waals surface area contributed by atoms with Crippen LogP contribution in [0.15, 0.2) is 18.2 Å². The minimum absolute atomic E-state index is 0.0636. The summed E-state index contributed by atoms with van der Waals surface area (Å²) in [5.41, 5.74) is 0.867. The summed E-state index contributed by atoms with van der Waals surface area (Å²) in [6.07, 6.45) is 0. The highest BCUT2D eigenvalue weighted by Gasteiger charge is 2.41. The van der Waals surface area contributed by atoms with E-state index in [1.54, 1.807) is 18.7 Å². The van der Waals surface area contributed by atoms with E-state index in [1.165, 1.54) is 0 Å². The van der Waals surface area contributed by atoms with E-state index in [0.717, 1.165) is 11.4 Å². The Bertz CT molecular complexity index is 497. The SMILES string of the molecule is Cc1cccc(CN2C(=O)CNC(=O)C2(C)C)n1. The minimum atomic E-state index is -0.833. The molecule has 0 radical (unpaired) electrons. The van der Waals surface area contributed by atoms with Gasteiger partial charge in [-0.05, 0) is 32.9 Å². The highest BCUT2D eigenvalue weighted by Crippen LogP contribution is 2.20. The fraction of sp³-hybridized carbons (Fsp3) is 0.462. The third kappa shape index (κ3) is 2.20. The zero-order valence-corrected chi connectivity index (χ0v) is 10.9. The van der Waals surface area contributed by atoms with E-state index in [4.69, 9.17) is 0 Å². The van der Waals surface area contributed by atoms with Gasteiger partial charge in [-0.15, -0.1) is 0 Å². The summed E-state index contributed by atoms with van der Waals surface area (Å²) in [4.78, 5) is 29.7. The maximum Gasteiger partial charge on any atom is 0.245 e. The van der Waals surface area contributed by atoms with Crippen molar-refractivity contribution < 1.29 is 9.59 Å². The highest BCUT2D eigenvalue weighted by molar-refractivity contribution is 5.97. The van der Waals surface area contributed by atoms with Gasteiger partial charge in [0.05, 0.1) is 18.8 Å². The molecule has 1 aromatic heterocycles. The molecule has 96 valence electrons. The summed E-state index contributed by atoms with van der Waals surface area (Å²) in [6.45, 7) is 5.82. The Balaban J connectivity index is 2.25. The molecule has 5 heteroatoms. The van der Waals surface area contributed by atoms with Gasteiger partial charge in [-0.1, -0.05) is 6.07 Å². The molecule has 1 fully saturated rings. The second kappa shape index (κ2) is 4.40. The van der Waals surface area contributed by atoms with Crippen molar-refractivity contribution in [2.45, 2.75) is 32.9 Å². The molecule has 0 aliphatic carbocycles. The molecule has 1 N–H and O–H groups in total. The smallest absolute Gasteiger partial charge is 0.245 e. The summed E-state index contributed by atoms with van der Waals surface area (Å²) in [7, 11) is 0. The Kier molecular flexibility index (Phi) is 3.07. The number of carbonyl (C=O) groups excluding carboxylic acids is 2. The molecular weight excluding hydrogens is 230 g/mol. The van der Waals surface area contributed by atoms with Gasteiger partial charge in [0.2, 0.25) is 11.8 Å². The molecule has 1 saturated heterocycles. The van der Waals surface area contributed by atoms with E-state index < -0.39 is 5.54 Å². The fourth-order valence-corrected chi connectivity index (χ4v) is 2.04. The van der Waals surface area contributed by atoms with Crippen molar-refractivity contribution in [3.05, 3.63) is 29.6 Å². The first-order chi connectivity index (χ1) is 8.41. The topological polar surface area (TPSA) is 62.3 Å². The van der Waals surface area contributed by atoms with Crippen LogP contribution in [0, 0.1) is 6.92 Å². The molecule has 5 nitrogen and oxygen atoms in total. The second-order valence-electron chi connectivity index (χ2n) is 4.99. The molecule has 0 atom stereocenters. The maximum atomic E-state index is 11.9. The van der Waals surface area contributed by atoms with E-state index in [-0.39, 0.29) is 18.4 Å². The van der Waals surface area contributed by atoms with Crippen LogP contribution in [0.5, 0.6) is 0 Å². The van der Waals surface area contributed by atoms with Crippen LogP contribution in [0.4, 0.5) is 0 Å². The number of nitrogens with one attached hydrogen (secondary N) is 1. The number of rotatable bonds is 2. The number of aryl methyl sites for hydroxylation is 1. The van der Waals surface area contributed by atoms with E-state index >= 15 is 0 Å². The molecule has 2 rings (SSSR count). The van der Waals surface area contributed by atoms with Crippen molar-refractivity contribution in [2.24, 2.45) is 0 Å². The standard InChI is InChI=1S/C13H17N3O2/c1-9-5-4-6-10(15-9)8-16-11(17)7-14-12(18)13(16,2)3/h4-6H,7-8H2,1-3H3,(H,14,18). The van der Waals surface area contributed by atoms with Crippen molar-refractivity contribution in [2.75, 3.05) is 6.54 Å². The van der Waals surface area contributed by atoms with E-state index in [0.29, 0.717) is 6.54 Å². The number of carbonyl (C=O) groups is 2. The Morgan fingerprint density at radius 1 is 1.39 bits per heavy atom. The normalized spacial score (nSPS) is 18.7. The Labute approximate surface area is 106 Å². The molecule has 1 aromatic rings. The van der Waals surface area contributed by atoms with Crippen LogP contribution in [-0.4, -0.2) is 33.8 Å². The summed E-state index contributed by atoms with van der Waals surface area (Å²) in [6, 6.07) is 5.67. The molecule has 0 bridgehead atoms. The van der Waals surface area contributed by atoms with Crippen LogP contribution in [0.25, 0.3) is 0 Å². The fourth-order valence-electron chi connectivity index (χ4n) is 2.04. The Morgan fingerprint density at radius 3 is 2.78 bits per heavy atom. The lowest BCUT2D eigenvalue weighted by molar-refractivity contribution is -0.152. The third-order valence-corrected chi connectivity index (χ3v) is 3.20. The lowest BCUT2D eigenvalue weighted by atomic mass is 9.98. The van der Waals surface area contributed by atoms with Crippen molar-refractivity contribution >= 4 is 11.8 Å². The first kappa shape index (κ1) is 12.5. The van der Waals surface area contributed by atoms with Gasteiger partial charge in [0.25, 0.3) is 0 Å². The molecule has 2 amide bonds. The Morgan fingerprint density at radius 2 is 2.11 bits per heavy atom. The number of piperazine rings is 1. The molecule has 1 aliphatic rings. The van der Waals surface area contributed by atoms with Crippen LogP contribution in [0.3, 0.4) is 0 Å². The summed E-state index contributed by atoms with van der Waals surface area (Å²) >= 11 is 0. The van der Waals surface area contributed by atoms with Gasteiger partial charge in [-0.3, -0.25) is 14.6 Å². The van der Waals surface area contributed by atoms with Crippen LogP contribution in [0.1, 0.15) is 25.2 Å². The van der Waals surface area contributed by atoms with E-state index in [2.05, 4.69) is 10.3 Å². The second-order valence-corrected chi connectivity index (χ2v) is 4.99. The van der Waals surface area contributed by atoms with Gasteiger partial charge in [0.15, 0.2) is 0 Å². The number of aromatic nitrogens is 1. The van der Waals surface area contributed by atoms with E-state index in [1.807, 2.05) is 25.1 Å². The average molecular weight is 247 g/mol. The van der Waals surface area contributed by atoms with Crippen LogP contribution in [0.2, 0.25) is 0 Å². The maximum absolute atomic E-state index is 11.9. The van der Waals surface area contributed by atoms with Crippen molar-refractivity contribution in [1.82, 2.24) is 15.2 Å². The van der Waals surface area contributed by atoms with Crippen molar-refractivity contribution in [3.8, 4) is 0 Å². The summed E-state index contributed by atoms with van der Waals surface area (Å²) < 4.78 is 0. The van der Waals surface area contributed by atoms with Crippen molar-refractivity contribution in [3.63, 3.8) is 0 Å². The summed E-state index contributed by atoms with van der Waals surface area (Å²) in [5, 5.41) is 2.60. The Hall–Kier alpha value is -1.91. The number of amides is 2. The number of hydrogen-bond acceptors (Lipinski definition) is 3. The third-order valence-electron chi connectivity index (χ3n) is 3.20. The van der Waals surface area contributed by atoms with Gasteiger partial charge in [-0.25, -0.2) is 0 Å². The number of hydrogen-bond donors (Lipinski definition) is 1. The molecule has 18 heavy (non-hydrogen) atoms. The first-order valence-electron chi connectivity index (χ1n) is 5.92. The van der Waals surface area contributed by atoms with Crippen LogP contribution < -0.4 is 5.32 Å². The van der Waals surface area contributed by atoms with E-state index in [9.17, 15) is 9.59 Å². The molecule has 0 aromatic carbocycles. The first-order valence-corrected chi connectivity index (χ1v) is 5.92. The predicted octanol–water partition coefficient (Wildman–Crippen LogP) is 0.627. The zero-order chi connectivity index (χ0) is 13.3. The largest absolute Gasteiger partial charge is 0.345 e. The zero-order valence-electron chi connectivity index (χ0n) is 10.9. The predicted molar refractivity (Wildman–Crippen MR) is 66.6 cm³/mol. The van der Waals surface area contributed by atoms with Gasteiger partial charge in [0, 0.05) is 5.69 Å². The minimum Gasteiger partial charge on any atom is -0.345 e. The summed E-state index contributed by atoms with van der Waals surface area (Å²) in [5.74, 6) is -0.211.